The highest BCUT2D eigenvalue weighted by atomic mass is 32.2. The fourth-order valence-electron chi connectivity index (χ4n) is 4.87. The Morgan fingerprint density at radius 1 is 1.13 bits per heavy atom. The SMILES string of the molecule is CSCC[C@H](N)C(=O)N[C@@H](Cc1cnc[nH]1)C(=O)N[C@@H](C)C(=O)N1CCC[C@H]1C(=O)N1CCC[C@H]1C(=O)O. The lowest BCUT2D eigenvalue weighted by Crippen LogP contribution is -2.58. The minimum absolute atomic E-state index is 0.115. The zero-order valence-electron chi connectivity index (χ0n) is 21.7. The number of aromatic nitrogens is 2. The van der Waals surface area contributed by atoms with Gasteiger partial charge in [0.15, 0.2) is 0 Å². The van der Waals surface area contributed by atoms with Crippen molar-refractivity contribution < 1.29 is 29.1 Å². The number of rotatable bonds is 12. The van der Waals surface area contributed by atoms with E-state index in [1.807, 2.05) is 6.26 Å². The predicted octanol–water partition coefficient (Wildman–Crippen LogP) is -0.911. The maximum absolute atomic E-state index is 13.3. The highest BCUT2D eigenvalue weighted by Gasteiger charge is 2.43. The number of aliphatic carboxylic acids is 1. The standard InChI is InChI=1S/C24H37N7O6S/c1-14(22(34)30-8-3-5-18(30)23(35)31-9-4-6-19(31)24(36)37)28-21(33)17(11-15-12-26-13-27-15)29-20(32)16(25)7-10-38-2/h12-14,16-19H,3-11,25H2,1-2H3,(H,26,27)(H,28,33)(H,29,32)(H,36,37)/t14-,16-,17-,18-,19-/m0/s1. The van der Waals surface area contributed by atoms with Gasteiger partial charge in [-0.15, -0.1) is 0 Å². The van der Waals surface area contributed by atoms with E-state index in [-0.39, 0.29) is 12.3 Å². The molecule has 2 saturated heterocycles. The second-order valence-corrected chi connectivity index (χ2v) is 10.7. The van der Waals surface area contributed by atoms with Crippen molar-refractivity contribution in [3.05, 3.63) is 18.2 Å². The number of likely N-dealkylation sites (tertiary alicyclic amines) is 2. The molecule has 1 aromatic heterocycles. The first-order chi connectivity index (χ1) is 18.1. The van der Waals surface area contributed by atoms with Crippen LogP contribution in [0.3, 0.4) is 0 Å². The Morgan fingerprint density at radius 2 is 1.82 bits per heavy atom. The van der Waals surface area contributed by atoms with Crippen molar-refractivity contribution in [3.8, 4) is 0 Å². The number of carboxylic acids is 1. The molecule has 3 rings (SSSR count). The van der Waals surface area contributed by atoms with Crippen LogP contribution < -0.4 is 16.4 Å². The lowest BCUT2D eigenvalue weighted by Gasteiger charge is -2.32. The summed E-state index contributed by atoms with van der Waals surface area (Å²) in [6.07, 6.45) is 7.49. The molecule has 0 saturated carbocycles. The molecular formula is C24H37N7O6S. The van der Waals surface area contributed by atoms with Crippen molar-refractivity contribution in [2.24, 2.45) is 5.73 Å². The lowest BCUT2D eigenvalue weighted by atomic mass is 10.1. The summed E-state index contributed by atoms with van der Waals surface area (Å²) in [6, 6.07) is -4.41. The van der Waals surface area contributed by atoms with E-state index in [4.69, 9.17) is 5.73 Å². The van der Waals surface area contributed by atoms with Gasteiger partial charge in [0.1, 0.15) is 24.2 Å². The minimum atomic E-state index is -1.05. The normalized spacial score (nSPS) is 21.6. The summed E-state index contributed by atoms with van der Waals surface area (Å²) in [5, 5.41) is 14.8. The molecular weight excluding hydrogens is 514 g/mol. The van der Waals surface area contributed by atoms with Crippen LogP contribution in [0.4, 0.5) is 0 Å². The van der Waals surface area contributed by atoms with E-state index in [1.165, 1.54) is 29.2 Å². The number of nitrogens with zero attached hydrogens (tertiary/aromatic N) is 3. The molecule has 13 nitrogen and oxygen atoms in total. The van der Waals surface area contributed by atoms with Crippen molar-refractivity contribution in [2.45, 2.75) is 75.7 Å². The quantitative estimate of drug-likeness (QED) is 0.219. The van der Waals surface area contributed by atoms with Crippen LogP contribution in [0.15, 0.2) is 12.5 Å². The summed E-state index contributed by atoms with van der Waals surface area (Å²) in [5.74, 6) is -2.21. The second kappa shape index (κ2) is 13.6. The zero-order valence-corrected chi connectivity index (χ0v) is 22.5. The molecule has 0 unspecified atom stereocenters. The molecule has 4 amide bonds. The molecule has 0 radical (unpaired) electrons. The van der Waals surface area contributed by atoms with Crippen molar-refractivity contribution in [2.75, 3.05) is 25.1 Å². The number of thioether (sulfide) groups is 1. The first kappa shape index (κ1) is 29.4. The van der Waals surface area contributed by atoms with E-state index < -0.39 is 53.9 Å². The van der Waals surface area contributed by atoms with Gasteiger partial charge in [0, 0.05) is 31.4 Å². The monoisotopic (exact) mass is 551 g/mol. The number of carboxylic acid groups (broad SMARTS) is 1. The predicted molar refractivity (Wildman–Crippen MR) is 140 cm³/mol. The molecule has 3 heterocycles. The Balaban J connectivity index is 1.66. The smallest absolute Gasteiger partial charge is 0.326 e. The number of amides is 4. The van der Waals surface area contributed by atoms with Gasteiger partial charge in [-0.05, 0) is 51.0 Å². The van der Waals surface area contributed by atoms with Gasteiger partial charge in [0.2, 0.25) is 23.6 Å². The van der Waals surface area contributed by atoms with E-state index in [2.05, 4.69) is 20.6 Å². The molecule has 5 atom stereocenters. The zero-order chi connectivity index (χ0) is 27.8. The summed E-state index contributed by atoms with van der Waals surface area (Å²) in [7, 11) is 0. The Kier molecular flexibility index (Phi) is 10.5. The Labute approximate surface area is 225 Å². The molecule has 6 N–H and O–H groups in total. The third-order valence-electron chi connectivity index (χ3n) is 6.95. The molecule has 0 aliphatic carbocycles. The van der Waals surface area contributed by atoms with Crippen LogP contribution in [0.25, 0.3) is 0 Å². The van der Waals surface area contributed by atoms with Gasteiger partial charge in [0.25, 0.3) is 0 Å². The van der Waals surface area contributed by atoms with Crippen molar-refractivity contribution in [1.29, 1.82) is 0 Å². The Morgan fingerprint density at radius 3 is 2.45 bits per heavy atom. The molecule has 2 aliphatic heterocycles. The third kappa shape index (κ3) is 7.25. The summed E-state index contributed by atoms with van der Waals surface area (Å²) in [4.78, 5) is 73.5. The topological polar surface area (TPSA) is 191 Å². The summed E-state index contributed by atoms with van der Waals surface area (Å²) >= 11 is 1.56. The van der Waals surface area contributed by atoms with Gasteiger partial charge in [-0.2, -0.15) is 11.8 Å². The maximum Gasteiger partial charge on any atom is 0.326 e. The number of aromatic amines is 1. The third-order valence-corrected chi connectivity index (χ3v) is 7.60. The van der Waals surface area contributed by atoms with Gasteiger partial charge in [-0.3, -0.25) is 19.2 Å². The average Bonchev–Trinajstić information content (AvgIpc) is 3.67. The van der Waals surface area contributed by atoms with Crippen molar-refractivity contribution in [3.63, 3.8) is 0 Å². The average molecular weight is 552 g/mol. The largest absolute Gasteiger partial charge is 0.480 e. The second-order valence-electron chi connectivity index (χ2n) is 9.68. The Hall–Kier alpha value is -3.13. The van der Waals surface area contributed by atoms with Crippen LogP contribution >= 0.6 is 11.8 Å². The molecule has 0 spiro atoms. The molecule has 0 aromatic carbocycles. The fraction of sp³-hybridized carbons (Fsp3) is 0.667. The van der Waals surface area contributed by atoms with Gasteiger partial charge in [-0.1, -0.05) is 0 Å². The lowest BCUT2D eigenvalue weighted by molar-refractivity contribution is -0.152. The number of hydrogen-bond donors (Lipinski definition) is 5. The molecule has 2 aliphatic rings. The molecule has 0 bridgehead atoms. The number of H-pyrrole nitrogens is 1. The first-order valence-corrected chi connectivity index (χ1v) is 14.2. The van der Waals surface area contributed by atoms with Crippen LogP contribution in [0, 0.1) is 0 Å². The van der Waals surface area contributed by atoms with Crippen LogP contribution in [0.2, 0.25) is 0 Å². The molecule has 38 heavy (non-hydrogen) atoms. The van der Waals surface area contributed by atoms with Crippen LogP contribution in [-0.4, -0.2) is 110 Å². The van der Waals surface area contributed by atoms with Crippen molar-refractivity contribution >= 4 is 41.4 Å². The number of hydrogen-bond acceptors (Lipinski definition) is 8. The summed E-state index contributed by atoms with van der Waals surface area (Å²) in [5.41, 5.74) is 6.59. The van der Waals surface area contributed by atoms with E-state index in [9.17, 15) is 29.1 Å². The van der Waals surface area contributed by atoms with Crippen molar-refractivity contribution in [1.82, 2.24) is 30.4 Å². The first-order valence-electron chi connectivity index (χ1n) is 12.8. The maximum atomic E-state index is 13.3. The van der Waals surface area contributed by atoms with Gasteiger partial charge in [-0.25, -0.2) is 9.78 Å². The van der Waals surface area contributed by atoms with Crippen LogP contribution in [0.5, 0.6) is 0 Å². The van der Waals surface area contributed by atoms with E-state index in [1.54, 1.807) is 11.8 Å². The van der Waals surface area contributed by atoms with Crippen LogP contribution in [0.1, 0.15) is 44.7 Å². The number of nitrogens with one attached hydrogen (secondary N) is 3. The summed E-state index contributed by atoms with van der Waals surface area (Å²) in [6.45, 7) is 2.20. The number of nitrogens with two attached hydrogens (primary N) is 1. The molecule has 14 heteroatoms. The van der Waals surface area contributed by atoms with E-state index >= 15 is 0 Å². The molecule has 1 aromatic rings. The number of carbonyl (C=O) groups excluding carboxylic acids is 4. The van der Waals surface area contributed by atoms with E-state index in [0.717, 1.165) is 0 Å². The molecule has 210 valence electrons. The highest BCUT2D eigenvalue weighted by molar-refractivity contribution is 7.98. The Bertz CT molecular complexity index is 1010. The van der Waals surface area contributed by atoms with Gasteiger partial charge >= 0.3 is 5.97 Å². The highest BCUT2D eigenvalue weighted by Crippen LogP contribution is 2.25. The summed E-state index contributed by atoms with van der Waals surface area (Å²) < 4.78 is 0. The molecule has 2 fully saturated rings. The van der Waals surface area contributed by atoms with Gasteiger partial charge in [0.05, 0.1) is 12.4 Å². The number of carbonyl (C=O) groups is 5. The van der Waals surface area contributed by atoms with E-state index in [0.29, 0.717) is 56.6 Å². The number of imidazole rings is 1. The minimum Gasteiger partial charge on any atom is -0.480 e. The fourth-order valence-corrected chi connectivity index (χ4v) is 5.36. The van der Waals surface area contributed by atoms with Crippen LogP contribution in [-0.2, 0) is 30.4 Å². The van der Waals surface area contributed by atoms with Gasteiger partial charge < -0.3 is 36.3 Å².